The van der Waals surface area contributed by atoms with Crippen LogP contribution in [-0.2, 0) is 6.61 Å². The highest BCUT2D eigenvalue weighted by atomic mass is 79.9. The van der Waals surface area contributed by atoms with Crippen molar-refractivity contribution in [3.63, 3.8) is 0 Å². The number of nitrogens with one attached hydrogen (secondary N) is 1. The standard InChI is InChI=1S/C33H28BrFN2O2/c1-38-31-18-22(17-29(34)33(31)39-20-21-6-4-7-24(35)16-21)19-36-25-14-12-23(13-15-25)32-28-10-5-9-26(28)27-8-2-3-11-30(27)37-32/h2-9,11-19,26,28,32,37H,10,20H2,1H3/t26-,28-,32+/m1/s1. The Hall–Kier alpha value is -3.90. The summed E-state index contributed by atoms with van der Waals surface area (Å²) in [5, 5.41) is 3.78. The van der Waals surface area contributed by atoms with E-state index >= 15 is 0 Å². The molecule has 196 valence electrons. The monoisotopic (exact) mass is 582 g/mol. The van der Waals surface area contributed by atoms with Crippen molar-refractivity contribution in [3.8, 4) is 11.5 Å². The van der Waals surface area contributed by atoms with Gasteiger partial charge in [0.2, 0.25) is 0 Å². The van der Waals surface area contributed by atoms with Crippen LogP contribution in [0.4, 0.5) is 15.8 Å². The number of rotatable bonds is 7. The maximum atomic E-state index is 13.5. The molecule has 4 aromatic carbocycles. The lowest BCUT2D eigenvalue weighted by Crippen LogP contribution is -2.28. The van der Waals surface area contributed by atoms with Crippen molar-refractivity contribution >= 4 is 33.5 Å². The molecule has 4 aromatic rings. The maximum absolute atomic E-state index is 13.5. The minimum atomic E-state index is -0.290. The molecule has 1 heterocycles. The van der Waals surface area contributed by atoms with Crippen LogP contribution in [0, 0.1) is 11.7 Å². The zero-order valence-electron chi connectivity index (χ0n) is 21.5. The van der Waals surface area contributed by atoms with Gasteiger partial charge in [-0.15, -0.1) is 0 Å². The maximum Gasteiger partial charge on any atom is 0.175 e. The molecule has 0 aromatic heterocycles. The Bertz CT molecular complexity index is 1550. The minimum Gasteiger partial charge on any atom is -0.493 e. The van der Waals surface area contributed by atoms with E-state index in [9.17, 15) is 4.39 Å². The van der Waals surface area contributed by atoms with Crippen LogP contribution in [-0.4, -0.2) is 13.3 Å². The van der Waals surface area contributed by atoms with Gasteiger partial charge in [-0.3, -0.25) is 4.99 Å². The van der Waals surface area contributed by atoms with Gasteiger partial charge in [-0.2, -0.15) is 0 Å². The number of fused-ring (bicyclic) bond motifs is 3. The highest BCUT2D eigenvalue weighted by Crippen LogP contribution is 2.49. The van der Waals surface area contributed by atoms with E-state index < -0.39 is 0 Å². The zero-order chi connectivity index (χ0) is 26.8. The molecule has 1 aliphatic heterocycles. The summed E-state index contributed by atoms with van der Waals surface area (Å²) in [5.41, 5.74) is 6.36. The van der Waals surface area contributed by atoms with Gasteiger partial charge in [0.25, 0.3) is 0 Å². The van der Waals surface area contributed by atoms with Gasteiger partial charge in [-0.05, 0) is 93.0 Å². The van der Waals surface area contributed by atoms with Gasteiger partial charge in [0.05, 0.1) is 23.3 Å². The van der Waals surface area contributed by atoms with Crippen molar-refractivity contribution in [3.05, 3.63) is 130 Å². The lowest BCUT2D eigenvalue weighted by molar-refractivity contribution is 0.282. The van der Waals surface area contributed by atoms with E-state index in [1.807, 2.05) is 24.4 Å². The lowest BCUT2D eigenvalue weighted by Gasteiger charge is -2.37. The second kappa shape index (κ2) is 11.1. The molecule has 39 heavy (non-hydrogen) atoms. The molecule has 0 saturated carbocycles. The SMILES string of the molecule is COc1cc(C=Nc2ccc([C@@H]3Nc4ccccc4[C@H]4C=CC[C@H]43)cc2)cc(Br)c1OCc1cccc(F)c1. The summed E-state index contributed by atoms with van der Waals surface area (Å²) in [5.74, 6) is 1.81. The Kier molecular flexibility index (Phi) is 7.20. The summed E-state index contributed by atoms with van der Waals surface area (Å²) >= 11 is 3.59. The summed E-state index contributed by atoms with van der Waals surface area (Å²) in [6.45, 7) is 0.228. The molecular weight excluding hydrogens is 555 g/mol. The van der Waals surface area contributed by atoms with Gasteiger partial charge in [-0.1, -0.05) is 54.6 Å². The minimum absolute atomic E-state index is 0.228. The molecule has 0 bridgehead atoms. The quantitative estimate of drug-likeness (QED) is 0.175. The first-order chi connectivity index (χ1) is 19.1. The Labute approximate surface area is 236 Å². The number of ether oxygens (including phenoxy) is 2. The van der Waals surface area contributed by atoms with Crippen LogP contribution < -0.4 is 14.8 Å². The molecule has 2 aliphatic rings. The molecule has 3 atom stereocenters. The van der Waals surface area contributed by atoms with Crippen molar-refractivity contribution in [2.45, 2.75) is 25.0 Å². The predicted octanol–water partition coefficient (Wildman–Crippen LogP) is 8.75. The second-order valence-corrected chi connectivity index (χ2v) is 10.7. The van der Waals surface area contributed by atoms with Crippen LogP contribution in [0.25, 0.3) is 0 Å². The number of methoxy groups -OCH3 is 1. The van der Waals surface area contributed by atoms with Crippen LogP contribution in [0.3, 0.4) is 0 Å². The zero-order valence-corrected chi connectivity index (χ0v) is 23.1. The third-order valence-corrected chi connectivity index (χ3v) is 8.00. The summed E-state index contributed by atoms with van der Waals surface area (Å²) < 4.78 is 25.8. The third-order valence-electron chi connectivity index (χ3n) is 7.41. The average molecular weight is 584 g/mol. The van der Waals surface area contributed by atoms with E-state index in [2.05, 4.69) is 81.9 Å². The highest BCUT2D eigenvalue weighted by molar-refractivity contribution is 9.10. The predicted molar refractivity (Wildman–Crippen MR) is 158 cm³/mol. The summed E-state index contributed by atoms with van der Waals surface area (Å²) in [4.78, 5) is 4.70. The number of aliphatic imine (C=N–C) groups is 1. The number of hydrogen-bond donors (Lipinski definition) is 1. The van der Waals surface area contributed by atoms with Crippen LogP contribution in [0.2, 0.25) is 0 Å². The lowest BCUT2D eigenvalue weighted by atomic mass is 9.77. The number of para-hydroxylation sites is 1. The fraction of sp³-hybridized carbons (Fsp3) is 0.182. The first-order valence-corrected chi connectivity index (χ1v) is 13.8. The molecule has 0 fully saturated rings. The Morgan fingerprint density at radius 1 is 1.03 bits per heavy atom. The molecular formula is C33H28BrFN2O2. The molecule has 4 nitrogen and oxygen atoms in total. The topological polar surface area (TPSA) is 42.8 Å². The van der Waals surface area contributed by atoms with Crippen molar-refractivity contribution in [2.24, 2.45) is 10.9 Å². The fourth-order valence-corrected chi connectivity index (χ4v) is 6.10. The first-order valence-electron chi connectivity index (χ1n) is 13.0. The molecule has 1 aliphatic carbocycles. The van der Waals surface area contributed by atoms with Gasteiger partial charge in [0.15, 0.2) is 11.5 Å². The molecule has 0 spiro atoms. The molecule has 6 rings (SSSR count). The van der Waals surface area contributed by atoms with Crippen LogP contribution in [0.1, 0.15) is 40.6 Å². The van der Waals surface area contributed by atoms with Gasteiger partial charge >= 0.3 is 0 Å². The van der Waals surface area contributed by atoms with Gasteiger partial charge < -0.3 is 14.8 Å². The first kappa shape index (κ1) is 25.4. The molecule has 6 heteroatoms. The Morgan fingerprint density at radius 3 is 2.69 bits per heavy atom. The van der Waals surface area contributed by atoms with Gasteiger partial charge in [0.1, 0.15) is 12.4 Å². The normalized spacial score (nSPS) is 19.4. The van der Waals surface area contributed by atoms with Crippen molar-refractivity contribution in [1.29, 1.82) is 0 Å². The molecule has 0 radical (unpaired) electrons. The molecule has 1 N–H and O–H groups in total. The van der Waals surface area contributed by atoms with E-state index in [1.54, 1.807) is 13.2 Å². The van der Waals surface area contributed by atoms with Gasteiger partial charge in [0, 0.05) is 17.8 Å². The average Bonchev–Trinajstić information content (AvgIpc) is 3.46. The molecule has 0 saturated heterocycles. The Morgan fingerprint density at radius 2 is 1.87 bits per heavy atom. The summed E-state index contributed by atoms with van der Waals surface area (Å²) in [6.07, 6.45) is 7.56. The fourth-order valence-electron chi connectivity index (χ4n) is 5.53. The van der Waals surface area contributed by atoms with Crippen molar-refractivity contribution < 1.29 is 13.9 Å². The van der Waals surface area contributed by atoms with Crippen LogP contribution in [0.15, 0.2) is 107 Å². The number of halogens is 2. The van der Waals surface area contributed by atoms with E-state index in [4.69, 9.17) is 14.5 Å². The number of nitrogens with zero attached hydrogens (tertiary/aromatic N) is 1. The highest BCUT2D eigenvalue weighted by Gasteiger charge is 2.37. The molecule has 0 unspecified atom stereocenters. The number of anilines is 1. The van der Waals surface area contributed by atoms with E-state index in [0.717, 1.165) is 27.7 Å². The number of hydrogen-bond acceptors (Lipinski definition) is 4. The summed E-state index contributed by atoms with van der Waals surface area (Å²) in [6, 6.07) is 27.5. The number of benzene rings is 4. The van der Waals surface area contributed by atoms with Crippen molar-refractivity contribution in [2.75, 3.05) is 12.4 Å². The molecule has 0 amide bonds. The van der Waals surface area contributed by atoms with Gasteiger partial charge in [-0.25, -0.2) is 4.39 Å². The van der Waals surface area contributed by atoms with E-state index in [-0.39, 0.29) is 18.5 Å². The largest absolute Gasteiger partial charge is 0.493 e. The van der Waals surface area contributed by atoms with E-state index in [0.29, 0.717) is 23.3 Å². The van der Waals surface area contributed by atoms with Crippen LogP contribution in [0.5, 0.6) is 11.5 Å². The van der Waals surface area contributed by atoms with Crippen molar-refractivity contribution in [1.82, 2.24) is 0 Å². The smallest absolute Gasteiger partial charge is 0.175 e. The van der Waals surface area contributed by atoms with E-state index in [1.165, 1.54) is 28.9 Å². The number of allylic oxidation sites excluding steroid dienone is 2. The van der Waals surface area contributed by atoms with Crippen LogP contribution >= 0.6 is 15.9 Å². The third kappa shape index (κ3) is 5.34. The second-order valence-electron chi connectivity index (χ2n) is 9.87. The Balaban J connectivity index is 1.17. The summed E-state index contributed by atoms with van der Waals surface area (Å²) in [7, 11) is 1.60.